The number of nitro groups is 1. The Morgan fingerprint density at radius 1 is 1.03 bits per heavy atom. The molecule has 4 rings (SSSR count). The number of nitrogens with zero attached hydrogens (tertiary/aromatic N) is 3. The summed E-state index contributed by atoms with van der Waals surface area (Å²) in [5.41, 5.74) is 1.61. The Kier molecular flexibility index (Phi) is 50.0. The van der Waals surface area contributed by atoms with Gasteiger partial charge in [0.1, 0.15) is 5.75 Å². The molecule has 0 fully saturated rings. The number of nitro benzene ring substituents is 1. The van der Waals surface area contributed by atoms with Crippen LogP contribution in [0, 0.1) is 15.9 Å². The van der Waals surface area contributed by atoms with Crippen LogP contribution in [-0.2, 0) is 0 Å². The Balaban J connectivity index is 0. The molecular formula is C19H13ClFK10N5O3. The molecule has 0 bridgehead atoms. The minimum absolute atomic E-state index is 0.0697. The quantitative estimate of drug-likeness (QED) is 0.179. The molecule has 0 saturated heterocycles. The van der Waals surface area contributed by atoms with Crippen LogP contribution in [0.1, 0.15) is 0 Å². The number of benzene rings is 2. The molecule has 0 radical (unpaired) electrons. The fourth-order valence-electron chi connectivity index (χ4n) is 2.95. The van der Waals surface area contributed by atoms with Gasteiger partial charge in [0.25, 0.3) is 0 Å². The van der Waals surface area contributed by atoms with Crippen molar-refractivity contribution < 1.29 is 14.1 Å². The summed E-state index contributed by atoms with van der Waals surface area (Å²) in [5, 5.41) is 15.1. The van der Waals surface area contributed by atoms with Crippen LogP contribution in [0.5, 0.6) is 5.75 Å². The van der Waals surface area contributed by atoms with Crippen LogP contribution >= 0.6 is 11.6 Å². The predicted octanol–water partition coefficient (Wildman–Crippen LogP) is 1.27. The molecule has 0 aliphatic heterocycles. The van der Waals surface area contributed by atoms with Gasteiger partial charge >= 0.3 is 321 Å². The zero-order chi connectivity index (χ0) is 30.5. The van der Waals surface area contributed by atoms with Gasteiger partial charge in [-0.2, -0.15) is 4.39 Å². The third-order valence-electron chi connectivity index (χ3n) is 4.30. The van der Waals surface area contributed by atoms with Crippen molar-refractivity contribution in [1.82, 2.24) is 15.0 Å². The maximum absolute atomic E-state index is 13.9. The Bertz CT molecular complexity index is 1280. The third kappa shape index (κ3) is 20.9. The first-order chi connectivity index (χ1) is 19.0. The van der Waals surface area contributed by atoms with Crippen molar-refractivity contribution in [2.75, 3.05) is 12.4 Å². The monoisotopic (exact) mass is 803 g/mol. The number of ether oxygens (including phenoxy) is 1. The Morgan fingerprint density at radius 3 is 2.18 bits per heavy atom. The number of methoxy groups -OCH3 is 1. The Morgan fingerprint density at radius 2 is 1.62 bits per heavy atom. The number of H-pyrrole nitrogens is 1. The normalized spacial score (nSPS) is 9.10. The Hall–Kier alpha value is 12.6. The summed E-state index contributed by atoms with van der Waals surface area (Å²) in [7, 11) is 1.33. The maximum atomic E-state index is 13.9. The molecule has 8 nitrogen and oxygen atoms in total. The van der Waals surface area contributed by atoms with E-state index in [9.17, 15) is 14.5 Å². The molecule has 2 N–H and O–H groups in total. The van der Waals surface area contributed by atoms with Gasteiger partial charge in [0.2, 0.25) is 11.8 Å². The van der Waals surface area contributed by atoms with E-state index in [-0.39, 0.29) is 17.4 Å². The average molecular weight is 805 g/mol. The van der Waals surface area contributed by atoms with Gasteiger partial charge in [0, 0.05) is 34.8 Å². The molecule has 0 saturated carbocycles. The van der Waals surface area contributed by atoms with Crippen molar-refractivity contribution in [2.45, 2.75) is 0 Å². The molecule has 0 aliphatic rings. The second-order valence-electron chi connectivity index (χ2n) is 6.02. The van der Waals surface area contributed by atoms with Gasteiger partial charge in [-0.1, -0.05) is 29.8 Å². The van der Waals surface area contributed by atoms with E-state index in [2.05, 4.69) is 20.3 Å². The van der Waals surface area contributed by atoms with Crippen LogP contribution in [0.15, 0.2) is 48.8 Å². The average Bonchev–Trinajstić information content (AvgIpc) is 3.44. The number of fused-ring (bicyclic) bond motifs is 1. The van der Waals surface area contributed by atoms with Gasteiger partial charge in [0.05, 0.1) is 34.6 Å². The fourth-order valence-corrected chi connectivity index (χ4v) is 3.15. The molecule has 0 atom stereocenters. The van der Waals surface area contributed by atoms with E-state index < -0.39 is 16.4 Å². The van der Waals surface area contributed by atoms with E-state index in [1.165, 1.54) is 329 Å². The van der Waals surface area contributed by atoms with Crippen LogP contribution in [0.25, 0.3) is 22.2 Å². The zero-order valence-corrected chi connectivity index (χ0v) is 56.9. The van der Waals surface area contributed by atoms with Crippen LogP contribution in [0.2, 0.25) is 5.02 Å². The van der Waals surface area contributed by atoms with E-state index in [1.54, 1.807) is 6.20 Å². The molecule has 20 heteroatoms. The summed E-state index contributed by atoms with van der Waals surface area (Å²) in [5.74, 6) is -0.817. The van der Waals surface area contributed by atoms with E-state index in [0.717, 1.165) is 28.6 Å². The van der Waals surface area contributed by atoms with E-state index in [1.807, 2.05) is 24.3 Å². The second-order valence-corrected chi connectivity index (χ2v) is 6.43. The summed E-state index contributed by atoms with van der Waals surface area (Å²) < 4.78 is 19.0. The summed E-state index contributed by atoms with van der Waals surface area (Å²) in [6, 6.07) is 9.62. The number of hydrogen-bond donors (Lipinski definition) is 2. The first kappa shape index (κ1) is 53.7. The van der Waals surface area contributed by atoms with E-state index in [4.69, 9.17) is 16.3 Å². The van der Waals surface area contributed by atoms with Gasteiger partial charge in [-0.25, -0.2) is 9.97 Å². The summed E-state index contributed by atoms with van der Waals surface area (Å²) in [6.45, 7) is 0. The fraction of sp³-hybridized carbons (Fsp3) is 0.0526. The van der Waals surface area contributed by atoms with Crippen LogP contribution in [0.4, 0.5) is 21.7 Å². The van der Waals surface area contributed by atoms with Crippen molar-refractivity contribution in [3.8, 4) is 17.0 Å². The number of hydrogen-bond acceptors (Lipinski definition) is 6. The second kappa shape index (κ2) is 36.3. The number of rotatable bonds is 5. The van der Waals surface area contributed by atoms with Gasteiger partial charge in [-0.15, -0.1) is 0 Å². The van der Waals surface area contributed by atoms with Crippen molar-refractivity contribution in [3.05, 3.63) is 69.7 Å². The molecule has 4 aromatic rings. The van der Waals surface area contributed by atoms with Crippen LogP contribution in [0.3, 0.4) is 0 Å². The molecule has 39 heavy (non-hydrogen) atoms. The van der Waals surface area contributed by atoms with Gasteiger partial charge < -0.3 is 15.0 Å². The molecule has 0 unspecified atom stereocenters. The molecule has 0 spiro atoms. The van der Waals surface area contributed by atoms with Crippen molar-refractivity contribution in [2.24, 2.45) is 0 Å². The molecule has 2 heterocycles. The Labute approximate surface area is 459 Å². The standard InChI is InChI=1S/C19H13ClFN5O3.10K/c1-29-17-6-13(21)16(26(27)28)7-15(17)24-19-23-9-12(20)18(25-19)11-8-22-14-5-3-2-4-10(11)14;;;;;;;;;;/h2-9,22H,1H3,(H,23,24,25);;;;;;;;;;. The number of para-hydroxylation sites is 1. The van der Waals surface area contributed by atoms with E-state index >= 15 is 0 Å². The van der Waals surface area contributed by atoms with Crippen molar-refractivity contribution >= 4 is 356 Å². The summed E-state index contributed by atoms with van der Waals surface area (Å²) in [4.78, 5) is 21.9. The number of aromatic nitrogens is 3. The van der Waals surface area contributed by atoms with Crippen molar-refractivity contribution in [1.29, 1.82) is 0 Å². The number of anilines is 2. The minimum atomic E-state index is -1.01. The van der Waals surface area contributed by atoms with Gasteiger partial charge in [0.15, 0.2) is 0 Å². The first-order valence-corrected chi connectivity index (χ1v) is 93.7. The third-order valence-corrected chi connectivity index (χ3v) is 4.58. The number of aromatic amines is 1. The van der Waals surface area contributed by atoms with Crippen LogP contribution < -0.4 is 10.1 Å². The molecule has 2 aromatic heterocycles. The molecule has 156 valence electrons. The van der Waals surface area contributed by atoms with Crippen molar-refractivity contribution in [3.63, 3.8) is 0 Å². The van der Waals surface area contributed by atoms with Gasteiger partial charge in [-0.05, 0) is 6.07 Å². The SMILES string of the molecule is COc1cc(F)c([N+](=O)[O-])cc1Nc1ncc(Cl)c(-c2c[nH]c3ccccc23)n1.[K][K].[K][K].[K][K].[K][K].[K][K]. The molecule has 0 aliphatic carbocycles. The summed E-state index contributed by atoms with van der Waals surface area (Å²) >= 11 is 18.8. The topological polar surface area (TPSA) is 106 Å². The molecular weight excluding hydrogens is 792 g/mol. The number of nitrogens with one attached hydrogen (secondary N) is 2. The molecule has 2 aromatic carbocycles. The summed E-state index contributed by atoms with van der Waals surface area (Å²) in [6.07, 6.45) is 3.20. The molecule has 0 amide bonds. The van der Waals surface area contributed by atoms with Crippen LogP contribution in [-0.4, -0.2) is 343 Å². The first-order valence-electron chi connectivity index (χ1n) is 13.4. The zero-order valence-electron chi connectivity index (χ0n) is 24.9. The number of halogens is 2. The predicted molar refractivity (Wildman–Crippen MR) is 165 cm³/mol. The van der Waals surface area contributed by atoms with Gasteiger partial charge in [-0.3, -0.25) is 10.1 Å². The van der Waals surface area contributed by atoms with E-state index in [0.29, 0.717) is 10.7 Å².